The van der Waals surface area contributed by atoms with Gasteiger partial charge in [0.05, 0.1) is 22.3 Å². The lowest BCUT2D eigenvalue weighted by atomic mass is 10.1. The summed E-state index contributed by atoms with van der Waals surface area (Å²) in [6, 6.07) is 15.1. The molecule has 1 aromatic heterocycles. The number of primary amides is 1. The maximum Gasteiger partial charge on any atom is 0.255 e. The molecular formula is C24H24Cl2N4O3. The first kappa shape index (κ1) is 24.4. The van der Waals surface area contributed by atoms with E-state index in [9.17, 15) is 9.59 Å². The van der Waals surface area contributed by atoms with Crippen LogP contribution in [0.15, 0.2) is 60.8 Å². The molecule has 172 valence electrons. The van der Waals surface area contributed by atoms with Gasteiger partial charge >= 0.3 is 0 Å². The third kappa shape index (κ3) is 6.60. The zero-order chi connectivity index (χ0) is 24.0. The number of nitrogens with two attached hydrogens (primary N) is 1. The second kappa shape index (κ2) is 11.0. The van der Waals surface area contributed by atoms with Crippen LogP contribution in [0.25, 0.3) is 0 Å². The Balaban J connectivity index is 1.84. The number of pyridine rings is 1. The largest absolute Gasteiger partial charge is 0.493 e. The first-order chi connectivity index (χ1) is 15.7. The number of hydrogen-bond donors (Lipinski definition) is 2. The summed E-state index contributed by atoms with van der Waals surface area (Å²) in [5.41, 5.74) is 6.75. The lowest BCUT2D eigenvalue weighted by Crippen LogP contribution is -2.31. The molecule has 7 nitrogen and oxygen atoms in total. The van der Waals surface area contributed by atoms with Crippen LogP contribution in [0.4, 0.5) is 17.2 Å². The molecule has 0 saturated carbocycles. The molecule has 0 atom stereocenters. The molecule has 0 aliphatic rings. The summed E-state index contributed by atoms with van der Waals surface area (Å²) in [7, 11) is 0. The van der Waals surface area contributed by atoms with Gasteiger partial charge in [-0.05, 0) is 60.5 Å². The van der Waals surface area contributed by atoms with Gasteiger partial charge in [0.25, 0.3) is 5.91 Å². The standard InChI is InChI=1S/C24H24Cl2N4O3/c1-15(2)14-33-18-8-6-17(7-9-18)29-24(32)16-5-10-19(25)21(12-16)30(13-22(27)31)23-20(26)4-3-11-28-23/h3-12,15H,13-14H2,1-2H3,(H2,27,31)(H,29,32). The van der Waals surface area contributed by atoms with E-state index in [1.165, 1.54) is 11.1 Å². The number of anilines is 3. The normalized spacial score (nSPS) is 10.7. The summed E-state index contributed by atoms with van der Waals surface area (Å²) in [5.74, 6) is 0.482. The van der Waals surface area contributed by atoms with Gasteiger partial charge in [-0.25, -0.2) is 4.98 Å². The number of halogens is 2. The zero-order valence-corrected chi connectivity index (χ0v) is 19.7. The van der Waals surface area contributed by atoms with E-state index in [-0.39, 0.29) is 12.5 Å². The third-order valence-electron chi connectivity index (χ3n) is 4.50. The Hall–Kier alpha value is -3.29. The van der Waals surface area contributed by atoms with E-state index in [1.54, 1.807) is 54.6 Å². The lowest BCUT2D eigenvalue weighted by molar-refractivity contribution is -0.116. The smallest absolute Gasteiger partial charge is 0.255 e. The van der Waals surface area contributed by atoms with Crippen molar-refractivity contribution in [3.8, 4) is 5.75 Å². The Morgan fingerprint density at radius 2 is 1.82 bits per heavy atom. The topological polar surface area (TPSA) is 97.5 Å². The average Bonchev–Trinajstić information content (AvgIpc) is 2.78. The summed E-state index contributed by atoms with van der Waals surface area (Å²) in [6.45, 7) is 4.53. The van der Waals surface area contributed by atoms with E-state index < -0.39 is 5.91 Å². The van der Waals surface area contributed by atoms with Gasteiger partial charge < -0.3 is 20.7 Å². The van der Waals surface area contributed by atoms with Crippen molar-refractivity contribution in [2.75, 3.05) is 23.4 Å². The van der Waals surface area contributed by atoms with Gasteiger partial charge in [0.2, 0.25) is 5.91 Å². The van der Waals surface area contributed by atoms with E-state index in [0.29, 0.717) is 45.3 Å². The first-order valence-electron chi connectivity index (χ1n) is 10.2. The molecule has 2 aromatic carbocycles. The maximum atomic E-state index is 12.9. The Bertz CT molecular complexity index is 1140. The van der Waals surface area contributed by atoms with E-state index >= 15 is 0 Å². The summed E-state index contributed by atoms with van der Waals surface area (Å²) in [6.07, 6.45) is 1.54. The third-order valence-corrected chi connectivity index (χ3v) is 5.12. The van der Waals surface area contributed by atoms with Crippen LogP contribution in [0.1, 0.15) is 24.2 Å². The molecule has 0 aliphatic carbocycles. The number of amides is 2. The minimum atomic E-state index is -0.609. The van der Waals surface area contributed by atoms with E-state index in [0.717, 1.165) is 5.75 Å². The van der Waals surface area contributed by atoms with E-state index in [2.05, 4.69) is 24.1 Å². The minimum Gasteiger partial charge on any atom is -0.493 e. The van der Waals surface area contributed by atoms with Crippen molar-refractivity contribution >= 4 is 52.2 Å². The van der Waals surface area contributed by atoms with Crippen LogP contribution >= 0.6 is 23.2 Å². The highest BCUT2D eigenvalue weighted by molar-refractivity contribution is 6.35. The van der Waals surface area contributed by atoms with E-state index in [4.69, 9.17) is 33.7 Å². The fraction of sp³-hybridized carbons (Fsp3) is 0.208. The number of nitrogens with one attached hydrogen (secondary N) is 1. The van der Waals surface area contributed by atoms with Crippen LogP contribution in [0.3, 0.4) is 0 Å². The molecule has 3 N–H and O–H groups in total. The molecule has 0 fully saturated rings. The number of ether oxygens (including phenoxy) is 1. The summed E-state index contributed by atoms with van der Waals surface area (Å²) in [5, 5.41) is 3.45. The lowest BCUT2D eigenvalue weighted by Gasteiger charge is -2.24. The highest BCUT2D eigenvalue weighted by atomic mass is 35.5. The second-order valence-electron chi connectivity index (χ2n) is 7.71. The number of aromatic nitrogens is 1. The SMILES string of the molecule is CC(C)COc1ccc(NC(=O)c2ccc(Cl)c(N(CC(N)=O)c3ncccc3Cl)c2)cc1. The highest BCUT2D eigenvalue weighted by Gasteiger charge is 2.20. The number of hydrogen-bond acceptors (Lipinski definition) is 5. The molecule has 0 aliphatic heterocycles. The molecule has 0 saturated heterocycles. The van der Waals surface area contributed by atoms with Crippen molar-refractivity contribution in [2.24, 2.45) is 11.7 Å². The fourth-order valence-electron chi connectivity index (χ4n) is 2.97. The van der Waals surface area contributed by atoms with Crippen molar-refractivity contribution in [1.82, 2.24) is 4.98 Å². The van der Waals surface area contributed by atoms with Crippen LogP contribution in [0.2, 0.25) is 10.0 Å². The Kier molecular flexibility index (Phi) is 8.14. The number of benzene rings is 2. The first-order valence-corrected chi connectivity index (χ1v) is 11.0. The Morgan fingerprint density at radius 3 is 2.45 bits per heavy atom. The number of rotatable bonds is 9. The van der Waals surface area contributed by atoms with Crippen molar-refractivity contribution < 1.29 is 14.3 Å². The van der Waals surface area contributed by atoms with Crippen LogP contribution in [-0.2, 0) is 4.79 Å². The molecule has 2 amide bonds. The van der Waals surface area contributed by atoms with Crippen LogP contribution in [0.5, 0.6) is 5.75 Å². The van der Waals surface area contributed by atoms with Crippen LogP contribution in [-0.4, -0.2) is 29.9 Å². The van der Waals surface area contributed by atoms with Crippen LogP contribution < -0.4 is 20.7 Å². The van der Waals surface area contributed by atoms with Crippen molar-refractivity contribution in [2.45, 2.75) is 13.8 Å². The van der Waals surface area contributed by atoms with E-state index in [1.807, 2.05) is 0 Å². The quantitative estimate of drug-likeness (QED) is 0.427. The number of carbonyl (C=O) groups is 2. The average molecular weight is 487 g/mol. The Labute approximate surface area is 202 Å². The van der Waals surface area contributed by atoms with Crippen molar-refractivity contribution in [3.05, 3.63) is 76.4 Å². The Morgan fingerprint density at radius 1 is 1.09 bits per heavy atom. The summed E-state index contributed by atoms with van der Waals surface area (Å²) < 4.78 is 5.66. The monoisotopic (exact) mass is 486 g/mol. The predicted molar refractivity (Wildman–Crippen MR) is 132 cm³/mol. The van der Waals surface area contributed by atoms with Crippen LogP contribution in [0, 0.1) is 5.92 Å². The molecular weight excluding hydrogens is 463 g/mol. The molecule has 33 heavy (non-hydrogen) atoms. The molecule has 3 rings (SSSR count). The van der Waals surface area contributed by atoms with Gasteiger partial charge in [-0.1, -0.05) is 37.0 Å². The van der Waals surface area contributed by atoms with Gasteiger partial charge in [-0.2, -0.15) is 0 Å². The predicted octanol–water partition coefficient (Wildman–Crippen LogP) is 5.30. The van der Waals surface area contributed by atoms with Gasteiger partial charge in [-0.15, -0.1) is 0 Å². The second-order valence-corrected chi connectivity index (χ2v) is 8.53. The fourth-order valence-corrected chi connectivity index (χ4v) is 3.41. The molecule has 3 aromatic rings. The molecule has 0 radical (unpaired) electrons. The van der Waals surface area contributed by atoms with Gasteiger partial charge in [0.15, 0.2) is 5.82 Å². The number of nitrogens with zero attached hydrogens (tertiary/aromatic N) is 2. The minimum absolute atomic E-state index is 0.223. The van der Waals surface area contributed by atoms with Gasteiger partial charge in [-0.3, -0.25) is 9.59 Å². The summed E-state index contributed by atoms with van der Waals surface area (Å²) >= 11 is 12.7. The summed E-state index contributed by atoms with van der Waals surface area (Å²) in [4.78, 5) is 30.3. The van der Waals surface area contributed by atoms with Crippen molar-refractivity contribution in [3.63, 3.8) is 0 Å². The maximum absolute atomic E-state index is 12.9. The highest BCUT2D eigenvalue weighted by Crippen LogP contribution is 2.35. The molecule has 0 spiro atoms. The molecule has 1 heterocycles. The zero-order valence-electron chi connectivity index (χ0n) is 18.2. The molecule has 0 bridgehead atoms. The van der Waals surface area contributed by atoms with Gasteiger partial charge in [0, 0.05) is 17.4 Å². The molecule has 0 unspecified atom stereocenters. The number of carbonyl (C=O) groups excluding carboxylic acids is 2. The molecule has 9 heteroatoms. The van der Waals surface area contributed by atoms with Crippen molar-refractivity contribution in [1.29, 1.82) is 0 Å². The van der Waals surface area contributed by atoms with Gasteiger partial charge in [0.1, 0.15) is 12.3 Å².